The van der Waals surface area contributed by atoms with Crippen LogP contribution in [-0.4, -0.2) is 53.9 Å². The predicted octanol–water partition coefficient (Wildman–Crippen LogP) is 2.11. The Morgan fingerprint density at radius 3 is 2.47 bits per heavy atom. The van der Waals surface area contributed by atoms with Crippen LogP contribution in [-0.2, 0) is 16.8 Å². The molecule has 4 amide bonds. The molecule has 0 radical (unpaired) electrons. The highest BCUT2D eigenvalue weighted by Gasteiger charge is 2.45. The molecule has 2 saturated heterocycles. The Kier molecular flexibility index (Phi) is 5.58. The number of carbonyl (C=O) groups excluding carboxylic acids is 3. The van der Waals surface area contributed by atoms with Crippen molar-refractivity contribution in [1.82, 2.24) is 20.5 Å². The van der Waals surface area contributed by atoms with Gasteiger partial charge in [0.05, 0.1) is 0 Å². The predicted molar refractivity (Wildman–Crippen MR) is 117 cm³/mol. The minimum atomic E-state index is -1.51. The summed E-state index contributed by atoms with van der Waals surface area (Å²) in [6.07, 6.45) is 2.82. The molecule has 0 spiro atoms. The fourth-order valence-electron chi connectivity index (χ4n) is 4.24. The van der Waals surface area contributed by atoms with Gasteiger partial charge in [0.25, 0.3) is 11.8 Å². The Balaban J connectivity index is 1.45. The van der Waals surface area contributed by atoms with Crippen LogP contribution in [0.5, 0.6) is 0 Å². The Bertz CT molecular complexity index is 1100. The summed E-state index contributed by atoms with van der Waals surface area (Å²) in [6.45, 7) is 7.82. The lowest BCUT2D eigenvalue weighted by Gasteiger charge is -2.36. The van der Waals surface area contributed by atoms with Crippen LogP contribution in [0.1, 0.15) is 40.9 Å². The van der Waals surface area contributed by atoms with Gasteiger partial charge >= 0.3 is 6.03 Å². The van der Waals surface area contributed by atoms with Gasteiger partial charge in [-0.05, 0) is 43.5 Å². The number of rotatable bonds is 4. The third kappa shape index (κ3) is 3.79. The molecule has 2 aliphatic rings. The first-order valence-electron chi connectivity index (χ1n) is 10.7. The first kappa shape index (κ1) is 21.7. The van der Waals surface area contributed by atoms with Gasteiger partial charge in [-0.1, -0.05) is 19.1 Å². The molecule has 0 aliphatic carbocycles. The Hall–Kier alpha value is -3.49. The molecule has 1 atom stereocenters. The number of urea groups is 1. The summed E-state index contributed by atoms with van der Waals surface area (Å²) in [5, 5.41) is 4.54. The lowest BCUT2D eigenvalue weighted by molar-refractivity contribution is -0.123. The zero-order chi connectivity index (χ0) is 23.0. The van der Waals surface area contributed by atoms with Crippen LogP contribution in [0.25, 0.3) is 0 Å². The minimum absolute atomic E-state index is 0.0132. The second-order valence-corrected chi connectivity index (χ2v) is 8.34. The smallest absolute Gasteiger partial charge is 0.322 e. The summed E-state index contributed by atoms with van der Waals surface area (Å²) in [5.74, 6) is -0.696. The van der Waals surface area contributed by atoms with Crippen molar-refractivity contribution in [3.63, 3.8) is 0 Å². The number of halogens is 1. The van der Waals surface area contributed by atoms with Crippen molar-refractivity contribution in [2.45, 2.75) is 32.7 Å². The SMILES string of the molecule is CCc1cnc(N2CCN(C(=O)c3ccc([C@@]4(C)NC(=O)NC4=O)c(F)c3)CC2)c(C)c1. The molecule has 3 heterocycles. The van der Waals surface area contributed by atoms with Crippen LogP contribution in [0, 0.1) is 12.7 Å². The number of aryl methyl sites for hydroxylation is 2. The molecule has 2 aromatic rings. The topological polar surface area (TPSA) is 94.6 Å². The lowest BCUT2D eigenvalue weighted by Crippen LogP contribution is -2.49. The van der Waals surface area contributed by atoms with Gasteiger partial charge in [-0.15, -0.1) is 0 Å². The molecule has 4 rings (SSSR count). The van der Waals surface area contributed by atoms with Crippen LogP contribution in [0.15, 0.2) is 30.5 Å². The molecule has 168 valence electrons. The van der Waals surface area contributed by atoms with Gasteiger partial charge in [0.2, 0.25) is 0 Å². The van der Waals surface area contributed by atoms with E-state index >= 15 is 0 Å². The van der Waals surface area contributed by atoms with E-state index in [9.17, 15) is 18.8 Å². The van der Waals surface area contributed by atoms with Crippen LogP contribution < -0.4 is 15.5 Å². The van der Waals surface area contributed by atoms with E-state index in [1.807, 2.05) is 13.1 Å². The molecule has 32 heavy (non-hydrogen) atoms. The zero-order valence-electron chi connectivity index (χ0n) is 18.4. The third-order valence-electron chi connectivity index (χ3n) is 6.18. The molecule has 0 saturated carbocycles. The number of hydrogen-bond acceptors (Lipinski definition) is 5. The van der Waals surface area contributed by atoms with Gasteiger partial charge < -0.3 is 15.1 Å². The average molecular weight is 439 g/mol. The van der Waals surface area contributed by atoms with E-state index in [1.165, 1.54) is 24.6 Å². The molecule has 9 heteroatoms. The monoisotopic (exact) mass is 439 g/mol. The maximum Gasteiger partial charge on any atom is 0.322 e. The molecule has 2 fully saturated rings. The number of nitrogens with zero attached hydrogens (tertiary/aromatic N) is 3. The highest BCUT2D eigenvalue weighted by molar-refractivity contribution is 6.07. The molecular formula is C23H26FN5O3. The van der Waals surface area contributed by atoms with Gasteiger partial charge in [0, 0.05) is 43.5 Å². The molecule has 1 aromatic heterocycles. The maximum atomic E-state index is 14.8. The Labute approximate surface area is 185 Å². The summed E-state index contributed by atoms with van der Waals surface area (Å²) < 4.78 is 14.8. The van der Waals surface area contributed by atoms with Gasteiger partial charge in [0.15, 0.2) is 0 Å². The maximum absolute atomic E-state index is 14.8. The summed E-state index contributed by atoms with van der Waals surface area (Å²) in [7, 11) is 0. The lowest BCUT2D eigenvalue weighted by atomic mass is 9.91. The molecule has 8 nitrogen and oxygen atoms in total. The van der Waals surface area contributed by atoms with E-state index in [1.54, 1.807) is 4.90 Å². The molecule has 2 aliphatic heterocycles. The van der Waals surface area contributed by atoms with Crippen molar-refractivity contribution in [2.75, 3.05) is 31.1 Å². The summed E-state index contributed by atoms with van der Waals surface area (Å²) in [5.41, 5.74) is 1.01. The third-order valence-corrected chi connectivity index (χ3v) is 6.18. The van der Waals surface area contributed by atoms with Crippen molar-refractivity contribution < 1.29 is 18.8 Å². The van der Waals surface area contributed by atoms with Crippen LogP contribution >= 0.6 is 0 Å². The number of benzene rings is 1. The molecule has 1 aromatic carbocycles. The number of pyridine rings is 1. The van der Waals surface area contributed by atoms with Crippen LogP contribution in [0.4, 0.5) is 15.0 Å². The highest BCUT2D eigenvalue weighted by atomic mass is 19.1. The summed E-state index contributed by atoms with van der Waals surface area (Å²) in [4.78, 5) is 45.0. The van der Waals surface area contributed by atoms with E-state index in [-0.39, 0.29) is 17.0 Å². The number of anilines is 1. The number of piperazine rings is 1. The van der Waals surface area contributed by atoms with Gasteiger partial charge in [-0.3, -0.25) is 14.9 Å². The Morgan fingerprint density at radius 2 is 1.91 bits per heavy atom. The largest absolute Gasteiger partial charge is 0.353 e. The van der Waals surface area contributed by atoms with E-state index in [4.69, 9.17) is 0 Å². The summed E-state index contributed by atoms with van der Waals surface area (Å²) in [6, 6.07) is 5.46. The highest BCUT2D eigenvalue weighted by Crippen LogP contribution is 2.28. The first-order chi connectivity index (χ1) is 15.2. The van der Waals surface area contributed by atoms with E-state index in [2.05, 4.69) is 33.5 Å². The van der Waals surface area contributed by atoms with Crippen molar-refractivity contribution >= 4 is 23.7 Å². The van der Waals surface area contributed by atoms with E-state index in [0.29, 0.717) is 26.2 Å². The number of nitrogens with one attached hydrogen (secondary N) is 2. The second kappa shape index (κ2) is 8.22. The number of imide groups is 1. The fraction of sp³-hybridized carbons (Fsp3) is 0.391. The average Bonchev–Trinajstić information content (AvgIpc) is 3.04. The zero-order valence-corrected chi connectivity index (χ0v) is 18.4. The standard InChI is InChI=1S/C23H26FN5O3/c1-4-15-11-14(2)19(25-13-15)28-7-9-29(10-8-28)20(30)16-5-6-17(18(24)12-16)23(3)21(31)26-22(32)27-23/h5-6,11-13H,4,7-10H2,1-3H3,(H2,26,27,31,32)/t23-/m1/s1. The molecule has 0 unspecified atom stereocenters. The van der Waals surface area contributed by atoms with Crippen molar-refractivity contribution in [2.24, 2.45) is 0 Å². The molecule has 2 N–H and O–H groups in total. The number of carbonyl (C=O) groups is 3. The minimum Gasteiger partial charge on any atom is -0.353 e. The quantitative estimate of drug-likeness (QED) is 0.712. The van der Waals surface area contributed by atoms with Crippen LogP contribution in [0.2, 0.25) is 0 Å². The Morgan fingerprint density at radius 1 is 1.19 bits per heavy atom. The van der Waals surface area contributed by atoms with Gasteiger partial charge in [0.1, 0.15) is 17.2 Å². The van der Waals surface area contributed by atoms with Gasteiger partial charge in [-0.2, -0.15) is 0 Å². The fourth-order valence-corrected chi connectivity index (χ4v) is 4.24. The van der Waals surface area contributed by atoms with E-state index < -0.39 is 23.3 Å². The van der Waals surface area contributed by atoms with E-state index in [0.717, 1.165) is 23.9 Å². The van der Waals surface area contributed by atoms with Crippen molar-refractivity contribution in [3.05, 3.63) is 58.5 Å². The van der Waals surface area contributed by atoms with Gasteiger partial charge in [-0.25, -0.2) is 14.2 Å². The molecular weight excluding hydrogens is 413 g/mol. The first-order valence-corrected chi connectivity index (χ1v) is 10.7. The normalized spacial score (nSPS) is 20.9. The van der Waals surface area contributed by atoms with Crippen molar-refractivity contribution in [1.29, 1.82) is 0 Å². The number of hydrogen-bond donors (Lipinski definition) is 2. The van der Waals surface area contributed by atoms with Crippen LogP contribution in [0.3, 0.4) is 0 Å². The van der Waals surface area contributed by atoms with Crippen molar-refractivity contribution in [3.8, 4) is 0 Å². The summed E-state index contributed by atoms with van der Waals surface area (Å²) >= 11 is 0. The number of amides is 4. The number of aromatic nitrogens is 1. The molecule has 0 bridgehead atoms. The second-order valence-electron chi connectivity index (χ2n) is 8.34.